The zero-order chi connectivity index (χ0) is 13.0. The summed E-state index contributed by atoms with van der Waals surface area (Å²) in [5.41, 5.74) is 2.24. The van der Waals surface area contributed by atoms with Gasteiger partial charge in [-0.2, -0.15) is 0 Å². The van der Waals surface area contributed by atoms with Crippen LogP contribution in [-0.4, -0.2) is 37.8 Å². The van der Waals surface area contributed by atoms with E-state index in [9.17, 15) is 4.39 Å². The maximum atomic E-state index is 12.8. The Hall–Kier alpha value is -0.350. The third kappa shape index (κ3) is 4.32. The highest BCUT2D eigenvalue weighted by molar-refractivity contribution is 6.31. The number of nitrogens with zero attached hydrogens (tertiary/aromatic N) is 1. The van der Waals surface area contributed by atoms with Gasteiger partial charge in [0.15, 0.2) is 0 Å². The van der Waals surface area contributed by atoms with Crippen LogP contribution in [0.4, 0.5) is 4.39 Å². The maximum absolute atomic E-state index is 12.8. The van der Waals surface area contributed by atoms with Crippen molar-refractivity contribution in [3.8, 4) is 0 Å². The van der Waals surface area contributed by atoms with Crippen LogP contribution in [0.2, 0.25) is 5.02 Å². The lowest BCUT2D eigenvalue weighted by Gasteiger charge is -2.35. The van der Waals surface area contributed by atoms with E-state index in [1.54, 1.807) is 0 Å². The van der Waals surface area contributed by atoms with Crippen molar-refractivity contribution in [1.29, 1.82) is 0 Å². The van der Waals surface area contributed by atoms with E-state index in [2.05, 4.69) is 16.3 Å². The molecule has 1 aliphatic rings. The molecule has 19 heavy (non-hydrogen) atoms. The fourth-order valence-electron chi connectivity index (χ4n) is 2.53. The Balaban J connectivity index is 0.00000180. The van der Waals surface area contributed by atoms with Gasteiger partial charge in [-0.25, -0.2) is 0 Å². The molecular formula is C14H21Cl2FN2. The maximum Gasteiger partial charge on any atom is 0.0912 e. The third-order valence-corrected chi connectivity index (χ3v) is 3.97. The van der Waals surface area contributed by atoms with E-state index >= 15 is 0 Å². The molecule has 0 bridgehead atoms. The van der Waals surface area contributed by atoms with E-state index in [1.165, 1.54) is 5.56 Å². The Morgan fingerprint density at radius 1 is 1.37 bits per heavy atom. The number of alkyl halides is 1. The van der Waals surface area contributed by atoms with Gasteiger partial charge in [0.05, 0.1) is 6.67 Å². The smallest absolute Gasteiger partial charge is 0.0912 e. The molecule has 1 atom stereocenters. The van der Waals surface area contributed by atoms with Gasteiger partial charge in [0, 0.05) is 37.2 Å². The molecule has 0 saturated carbocycles. The highest BCUT2D eigenvalue weighted by Crippen LogP contribution is 2.28. The van der Waals surface area contributed by atoms with Crippen LogP contribution in [0.25, 0.3) is 0 Å². The minimum atomic E-state index is -0.281. The number of nitrogens with one attached hydrogen (secondary N) is 1. The molecule has 1 fully saturated rings. The van der Waals surface area contributed by atoms with Crippen molar-refractivity contribution >= 4 is 24.0 Å². The van der Waals surface area contributed by atoms with Crippen LogP contribution in [0.1, 0.15) is 23.6 Å². The Bertz CT molecular complexity index is 395. The van der Waals surface area contributed by atoms with E-state index in [1.807, 2.05) is 19.1 Å². The van der Waals surface area contributed by atoms with Crippen molar-refractivity contribution in [2.75, 3.05) is 32.9 Å². The summed E-state index contributed by atoms with van der Waals surface area (Å²) in [6.45, 7) is 5.63. The molecule has 1 saturated heterocycles. The van der Waals surface area contributed by atoms with Crippen LogP contribution >= 0.6 is 24.0 Å². The Labute approximate surface area is 125 Å². The Morgan fingerprint density at radius 2 is 2.05 bits per heavy atom. The molecule has 0 radical (unpaired) electrons. The molecule has 108 valence electrons. The molecule has 0 aromatic heterocycles. The predicted octanol–water partition coefficient (Wildman–Crippen LogP) is 3.38. The minimum Gasteiger partial charge on any atom is -0.314 e. The summed E-state index contributed by atoms with van der Waals surface area (Å²) in [7, 11) is 0. The second kappa shape index (κ2) is 8.05. The van der Waals surface area contributed by atoms with Crippen molar-refractivity contribution in [2.45, 2.75) is 19.4 Å². The number of benzene rings is 1. The summed E-state index contributed by atoms with van der Waals surface area (Å²) in [5.74, 6) is 0. The number of aryl methyl sites for hydroxylation is 1. The lowest BCUT2D eigenvalue weighted by atomic mass is 10.00. The molecule has 2 rings (SSSR count). The average molecular weight is 307 g/mol. The number of halogens is 3. The zero-order valence-electron chi connectivity index (χ0n) is 11.2. The van der Waals surface area contributed by atoms with E-state index < -0.39 is 0 Å². The summed E-state index contributed by atoms with van der Waals surface area (Å²) >= 11 is 6.05. The van der Waals surface area contributed by atoms with E-state index in [0.717, 1.165) is 36.8 Å². The van der Waals surface area contributed by atoms with Gasteiger partial charge in [-0.15, -0.1) is 12.4 Å². The van der Waals surface area contributed by atoms with Gasteiger partial charge in [0.2, 0.25) is 0 Å². The van der Waals surface area contributed by atoms with Crippen molar-refractivity contribution in [3.63, 3.8) is 0 Å². The molecule has 1 aromatic rings. The lowest BCUT2D eigenvalue weighted by molar-refractivity contribution is 0.157. The van der Waals surface area contributed by atoms with Crippen LogP contribution < -0.4 is 5.32 Å². The molecule has 0 amide bonds. The van der Waals surface area contributed by atoms with Crippen LogP contribution in [0.5, 0.6) is 0 Å². The zero-order valence-corrected chi connectivity index (χ0v) is 12.7. The molecule has 0 unspecified atom stereocenters. The van der Waals surface area contributed by atoms with E-state index in [4.69, 9.17) is 11.6 Å². The van der Waals surface area contributed by atoms with Gasteiger partial charge in [0.1, 0.15) is 0 Å². The topological polar surface area (TPSA) is 15.3 Å². The third-order valence-electron chi connectivity index (χ3n) is 3.54. The molecule has 0 aliphatic carbocycles. The number of piperazine rings is 1. The number of rotatable bonds is 4. The number of hydrogen-bond acceptors (Lipinski definition) is 2. The fraction of sp³-hybridized carbons (Fsp3) is 0.571. The summed E-state index contributed by atoms with van der Waals surface area (Å²) in [6, 6.07) is 6.20. The van der Waals surface area contributed by atoms with Crippen LogP contribution in [-0.2, 0) is 0 Å². The molecule has 2 nitrogen and oxygen atoms in total. The highest BCUT2D eigenvalue weighted by Gasteiger charge is 2.22. The standard InChI is InChI=1S/C14H20ClFN2.ClH/c1-11-10-12(2-3-13(11)15)14(4-5-16)18-8-6-17-7-9-18;/h2-3,10,14,17H,4-9H2,1H3;1H/t14-;/m1./s1. The fourth-order valence-corrected chi connectivity index (χ4v) is 2.65. The van der Waals surface area contributed by atoms with Gasteiger partial charge >= 0.3 is 0 Å². The van der Waals surface area contributed by atoms with Gasteiger partial charge in [-0.05, 0) is 30.5 Å². The normalized spacial score (nSPS) is 17.8. The summed E-state index contributed by atoms with van der Waals surface area (Å²) in [4.78, 5) is 2.36. The first-order valence-corrected chi connectivity index (χ1v) is 6.87. The van der Waals surface area contributed by atoms with Crippen molar-refractivity contribution in [2.24, 2.45) is 0 Å². The van der Waals surface area contributed by atoms with Crippen LogP contribution in [0.3, 0.4) is 0 Å². The minimum absolute atomic E-state index is 0. The monoisotopic (exact) mass is 306 g/mol. The molecule has 1 aliphatic heterocycles. The van der Waals surface area contributed by atoms with Crippen LogP contribution in [0.15, 0.2) is 18.2 Å². The highest BCUT2D eigenvalue weighted by atomic mass is 35.5. The first kappa shape index (κ1) is 16.7. The second-order valence-corrected chi connectivity index (χ2v) is 5.20. The average Bonchev–Trinajstić information content (AvgIpc) is 2.40. The largest absolute Gasteiger partial charge is 0.314 e. The Kier molecular flexibility index (Phi) is 7.08. The molecule has 1 heterocycles. The SMILES string of the molecule is Cc1cc([C@@H](CCF)N2CCNCC2)ccc1Cl.Cl. The molecule has 5 heteroatoms. The summed E-state index contributed by atoms with van der Waals surface area (Å²) in [5, 5.41) is 4.10. The van der Waals surface area contributed by atoms with E-state index in [0.29, 0.717) is 6.42 Å². The summed E-state index contributed by atoms with van der Waals surface area (Å²) in [6.07, 6.45) is 0.557. The Morgan fingerprint density at radius 3 is 2.63 bits per heavy atom. The molecule has 0 spiro atoms. The second-order valence-electron chi connectivity index (χ2n) is 4.79. The summed E-state index contributed by atoms with van der Waals surface area (Å²) < 4.78 is 12.8. The van der Waals surface area contributed by atoms with Gasteiger partial charge < -0.3 is 5.32 Å². The molecule has 1 aromatic carbocycles. The van der Waals surface area contributed by atoms with E-state index in [-0.39, 0.29) is 25.1 Å². The molecular weight excluding hydrogens is 286 g/mol. The first-order valence-electron chi connectivity index (χ1n) is 6.49. The van der Waals surface area contributed by atoms with Crippen molar-refractivity contribution < 1.29 is 4.39 Å². The molecule has 1 N–H and O–H groups in total. The van der Waals surface area contributed by atoms with Crippen molar-refractivity contribution in [1.82, 2.24) is 10.2 Å². The van der Waals surface area contributed by atoms with Gasteiger partial charge in [-0.3, -0.25) is 9.29 Å². The van der Waals surface area contributed by atoms with Crippen molar-refractivity contribution in [3.05, 3.63) is 34.3 Å². The predicted molar refractivity (Wildman–Crippen MR) is 81.2 cm³/mol. The van der Waals surface area contributed by atoms with Gasteiger partial charge in [-0.1, -0.05) is 23.7 Å². The first-order chi connectivity index (χ1) is 8.72. The lowest BCUT2D eigenvalue weighted by Crippen LogP contribution is -2.45. The van der Waals surface area contributed by atoms with Crippen LogP contribution in [0, 0.1) is 6.92 Å². The van der Waals surface area contributed by atoms with Gasteiger partial charge in [0.25, 0.3) is 0 Å². The quantitative estimate of drug-likeness (QED) is 0.917. The number of hydrogen-bond donors (Lipinski definition) is 1.